The fraction of sp³-hybridized carbons (Fsp3) is 0.400. The van der Waals surface area contributed by atoms with Gasteiger partial charge >= 0.3 is 0 Å². The Morgan fingerprint density at radius 3 is 2.81 bits per heavy atom. The Hall–Kier alpha value is -0.820. The summed E-state index contributed by atoms with van der Waals surface area (Å²) in [6.07, 6.45) is 0. The molecule has 0 unspecified atom stereocenters. The van der Waals surface area contributed by atoms with Gasteiger partial charge in [0.2, 0.25) is 0 Å². The van der Waals surface area contributed by atoms with E-state index in [4.69, 9.17) is 4.74 Å². The zero-order chi connectivity index (χ0) is 15.4. The van der Waals surface area contributed by atoms with Gasteiger partial charge in [-0.2, -0.15) is 0 Å². The van der Waals surface area contributed by atoms with Crippen LogP contribution in [0.1, 0.15) is 24.4 Å². The van der Waals surface area contributed by atoms with Gasteiger partial charge in [-0.15, -0.1) is 11.3 Å². The van der Waals surface area contributed by atoms with Gasteiger partial charge in [0.1, 0.15) is 10.8 Å². The topological polar surface area (TPSA) is 34.1 Å². The summed E-state index contributed by atoms with van der Waals surface area (Å²) < 4.78 is 19.1. The maximum absolute atomic E-state index is 13.2. The van der Waals surface area contributed by atoms with Crippen LogP contribution >= 0.6 is 27.3 Å². The fourth-order valence-electron chi connectivity index (χ4n) is 1.85. The average molecular weight is 373 g/mol. The van der Waals surface area contributed by atoms with Crippen molar-refractivity contribution in [2.45, 2.75) is 33.0 Å². The second-order valence-electron chi connectivity index (χ2n) is 4.98. The highest BCUT2D eigenvalue weighted by Gasteiger charge is 2.15. The highest BCUT2D eigenvalue weighted by molar-refractivity contribution is 9.10. The zero-order valence-corrected chi connectivity index (χ0v) is 14.6. The van der Waals surface area contributed by atoms with E-state index in [0.29, 0.717) is 17.1 Å². The number of methoxy groups -OCH3 is 1. The van der Waals surface area contributed by atoms with Crippen molar-refractivity contribution < 1.29 is 9.13 Å². The third kappa shape index (κ3) is 4.32. The fourth-order valence-corrected chi connectivity index (χ4v) is 3.57. The molecule has 3 nitrogen and oxygen atoms in total. The van der Waals surface area contributed by atoms with E-state index in [1.54, 1.807) is 24.5 Å². The number of ether oxygens (including phenoxy) is 1. The van der Waals surface area contributed by atoms with Crippen molar-refractivity contribution in [1.29, 1.82) is 0 Å². The Bertz CT molecular complexity index is 616. The Morgan fingerprint density at radius 2 is 2.19 bits per heavy atom. The van der Waals surface area contributed by atoms with E-state index < -0.39 is 0 Å². The van der Waals surface area contributed by atoms with Crippen molar-refractivity contribution in [2.75, 3.05) is 7.11 Å². The quantitative estimate of drug-likeness (QED) is 0.817. The molecule has 1 N–H and O–H groups in total. The van der Waals surface area contributed by atoms with Crippen molar-refractivity contribution in [3.8, 4) is 10.6 Å². The number of benzene rings is 1. The molecule has 0 aliphatic heterocycles. The molecule has 2 rings (SSSR count). The van der Waals surface area contributed by atoms with Gasteiger partial charge in [-0.3, -0.25) is 0 Å². The molecule has 0 aliphatic carbocycles. The molecule has 6 heteroatoms. The molecule has 0 bridgehead atoms. The first kappa shape index (κ1) is 16.5. The summed E-state index contributed by atoms with van der Waals surface area (Å²) in [5.74, 6) is -0.263. The monoisotopic (exact) mass is 372 g/mol. The SMILES string of the molecule is COCc1nc(-c2ccc(F)cc2Br)sc1CNC(C)C. The number of halogens is 2. The third-order valence-corrected chi connectivity index (χ3v) is 4.68. The molecule has 21 heavy (non-hydrogen) atoms. The Labute approximate surface area is 136 Å². The van der Waals surface area contributed by atoms with Crippen LogP contribution in [0.25, 0.3) is 10.6 Å². The first-order valence-electron chi connectivity index (χ1n) is 6.67. The lowest BCUT2D eigenvalue weighted by Crippen LogP contribution is -2.21. The number of aromatic nitrogens is 1. The summed E-state index contributed by atoms with van der Waals surface area (Å²) in [6.45, 7) is 5.44. The number of nitrogens with zero attached hydrogens (tertiary/aromatic N) is 1. The number of nitrogens with one attached hydrogen (secondary N) is 1. The molecule has 0 radical (unpaired) electrons. The molecule has 1 aromatic carbocycles. The number of rotatable bonds is 6. The first-order chi connectivity index (χ1) is 10.0. The Balaban J connectivity index is 2.33. The summed E-state index contributed by atoms with van der Waals surface area (Å²) in [5.41, 5.74) is 1.83. The smallest absolute Gasteiger partial charge is 0.125 e. The van der Waals surface area contributed by atoms with Crippen LogP contribution in [-0.2, 0) is 17.9 Å². The van der Waals surface area contributed by atoms with Crippen LogP contribution in [0, 0.1) is 5.82 Å². The lowest BCUT2D eigenvalue weighted by atomic mass is 10.2. The molecule has 114 valence electrons. The Kier molecular flexibility index (Phi) is 5.87. The van der Waals surface area contributed by atoms with Gasteiger partial charge in [0.15, 0.2) is 0 Å². The van der Waals surface area contributed by atoms with Crippen molar-refractivity contribution in [3.05, 3.63) is 39.1 Å². The average Bonchev–Trinajstić information content (AvgIpc) is 2.80. The van der Waals surface area contributed by atoms with Crippen LogP contribution in [0.15, 0.2) is 22.7 Å². The van der Waals surface area contributed by atoms with Crippen LogP contribution in [0.3, 0.4) is 0 Å². The van der Waals surface area contributed by atoms with E-state index in [-0.39, 0.29) is 5.82 Å². The van der Waals surface area contributed by atoms with E-state index in [9.17, 15) is 4.39 Å². The molecule has 0 atom stereocenters. The highest BCUT2D eigenvalue weighted by Crippen LogP contribution is 2.34. The largest absolute Gasteiger partial charge is 0.378 e. The minimum atomic E-state index is -0.263. The number of hydrogen-bond acceptors (Lipinski definition) is 4. The lowest BCUT2D eigenvalue weighted by Gasteiger charge is -2.07. The standard InChI is InChI=1S/C15H18BrFN2OS/c1-9(2)18-7-14-13(8-20-3)19-15(21-14)11-5-4-10(17)6-12(11)16/h4-6,9,18H,7-8H2,1-3H3. The minimum absolute atomic E-state index is 0.263. The Morgan fingerprint density at radius 1 is 1.43 bits per heavy atom. The van der Waals surface area contributed by atoms with E-state index in [1.807, 2.05) is 0 Å². The molecule has 1 heterocycles. The first-order valence-corrected chi connectivity index (χ1v) is 8.28. The second-order valence-corrected chi connectivity index (χ2v) is 6.92. The van der Waals surface area contributed by atoms with Crippen molar-refractivity contribution in [1.82, 2.24) is 10.3 Å². The second kappa shape index (κ2) is 7.45. The summed E-state index contributed by atoms with van der Waals surface area (Å²) >= 11 is 5.01. The van der Waals surface area contributed by atoms with Gasteiger partial charge in [-0.05, 0) is 34.1 Å². The van der Waals surface area contributed by atoms with Crippen molar-refractivity contribution in [2.24, 2.45) is 0 Å². The summed E-state index contributed by atoms with van der Waals surface area (Å²) in [7, 11) is 1.66. The highest BCUT2D eigenvalue weighted by atomic mass is 79.9. The molecule has 0 saturated heterocycles. The van der Waals surface area contributed by atoms with E-state index in [0.717, 1.165) is 27.7 Å². The van der Waals surface area contributed by atoms with Crippen LogP contribution in [0.5, 0.6) is 0 Å². The van der Waals surface area contributed by atoms with Crippen LogP contribution < -0.4 is 5.32 Å². The predicted molar refractivity (Wildman–Crippen MR) is 87.9 cm³/mol. The summed E-state index contributed by atoms with van der Waals surface area (Å²) in [4.78, 5) is 5.79. The van der Waals surface area contributed by atoms with Gasteiger partial charge in [-0.25, -0.2) is 9.37 Å². The zero-order valence-electron chi connectivity index (χ0n) is 12.2. The predicted octanol–water partition coefficient (Wildman–Crippen LogP) is 4.36. The van der Waals surface area contributed by atoms with Gasteiger partial charge in [0.25, 0.3) is 0 Å². The molecule has 0 fully saturated rings. The third-order valence-electron chi connectivity index (χ3n) is 2.89. The van der Waals surface area contributed by atoms with Gasteiger partial charge in [0.05, 0.1) is 12.3 Å². The maximum atomic E-state index is 13.2. The molecular weight excluding hydrogens is 355 g/mol. The van der Waals surface area contributed by atoms with Crippen molar-refractivity contribution >= 4 is 27.3 Å². The molecule has 0 aliphatic rings. The van der Waals surface area contributed by atoms with Gasteiger partial charge in [0, 0.05) is 34.6 Å². The molecule has 2 aromatic rings. The summed E-state index contributed by atoms with van der Waals surface area (Å²) in [5, 5.41) is 4.26. The van der Waals surface area contributed by atoms with E-state index in [1.165, 1.54) is 12.1 Å². The van der Waals surface area contributed by atoms with Crippen molar-refractivity contribution in [3.63, 3.8) is 0 Å². The normalized spacial score (nSPS) is 11.3. The minimum Gasteiger partial charge on any atom is -0.378 e. The van der Waals surface area contributed by atoms with E-state index >= 15 is 0 Å². The molecule has 0 amide bonds. The molecule has 1 aromatic heterocycles. The molecular formula is C15H18BrFN2OS. The van der Waals surface area contributed by atoms with Crippen LogP contribution in [-0.4, -0.2) is 18.1 Å². The maximum Gasteiger partial charge on any atom is 0.125 e. The van der Waals surface area contributed by atoms with Crippen LogP contribution in [0.4, 0.5) is 4.39 Å². The van der Waals surface area contributed by atoms with Crippen LogP contribution in [0.2, 0.25) is 0 Å². The number of thiazole rings is 1. The molecule has 0 spiro atoms. The summed E-state index contributed by atoms with van der Waals surface area (Å²) in [6, 6.07) is 5.06. The lowest BCUT2D eigenvalue weighted by molar-refractivity contribution is 0.181. The van der Waals surface area contributed by atoms with Gasteiger partial charge < -0.3 is 10.1 Å². The van der Waals surface area contributed by atoms with E-state index in [2.05, 4.69) is 40.1 Å². The molecule has 0 saturated carbocycles. The number of hydrogen-bond donors (Lipinski definition) is 1. The van der Waals surface area contributed by atoms with Gasteiger partial charge in [-0.1, -0.05) is 13.8 Å².